The standard InChI is InChI=1S/C22H35N5O/c1-15(2)21-24-25-22(28)27(21)17(4)14-19-11-10-16(3)26(19)13-12-20(23)18-8-6-5-7-9-18/h5-9,15-17,19-20H,10-14,23H2,1-4H3,(H,25,28). The fourth-order valence-electron chi connectivity index (χ4n) is 4.59. The number of nitrogens with one attached hydrogen (secondary N) is 1. The predicted molar refractivity (Wildman–Crippen MR) is 113 cm³/mol. The van der Waals surface area contributed by atoms with Crippen LogP contribution in [0.25, 0.3) is 0 Å². The molecule has 0 saturated carbocycles. The lowest BCUT2D eigenvalue weighted by atomic mass is 10.0. The Morgan fingerprint density at radius 1 is 1.21 bits per heavy atom. The molecule has 0 amide bonds. The minimum absolute atomic E-state index is 0.0658. The van der Waals surface area contributed by atoms with Crippen molar-refractivity contribution in [3.8, 4) is 0 Å². The van der Waals surface area contributed by atoms with Crippen LogP contribution in [0.3, 0.4) is 0 Å². The average molecular weight is 386 g/mol. The summed E-state index contributed by atoms with van der Waals surface area (Å²) in [6.07, 6.45) is 4.29. The third kappa shape index (κ3) is 4.55. The minimum atomic E-state index is -0.0973. The summed E-state index contributed by atoms with van der Waals surface area (Å²) in [6.45, 7) is 9.59. The Labute approximate surface area is 168 Å². The van der Waals surface area contributed by atoms with E-state index in [1.54, 1.807) is 0 Å². The lowest BCUT2D eigenvalue weighted by Gasteiger charge is -2.31. The third-order valence-electron chi connectivity index (χ3n) is 6.18. The second kappa shape index (κ2) is 9.05. The van der Waals surface area contributed by atoms with Crippen molar-refractivity contribution in [1.29, 1.82) is 0 Å². The van der Waals surface area contributed by atoms with E-state index in [0.29, 0.717) is 12.1 Å². The molecule has 4 unspecified atom stereocenters. The number of likely N-dealkylation sites (tertiary alicyclic amines) is 1. The largest absolute Gasteiger partial charge is 0.343 e. The van der Waals surface area contributed by atoms with Crippen LogP contribution in [0, 0.1) is 0 Å². The maximum Gasteiger partial charge on any atom is 0.343 e. The minimum Gasteiger partial charge on any atom is -0.324 e. The number of aromatic amines is 1. The van der Waals surface area contributed by atoms with Crippen LogP contribution in [0.4, 0.5) is 0 Å². The molecule has 1 aromatic carbocycles. The van der Waals surface area contributed by atoms with Crippen LogP contribution in [0.2, 0.25) is 0 Å². The zero-order valence-electron chi connectivity index (χ0n) is 17.6. The van der Waals surface area contributed by atoms with Crippen molar-refractivity contribution in [1.82, 2.24) is 19.7 Å². The second-order valence-electron chi connectivity index (χ2n) is 8.62. The number of hydrogen-bond acceptors (Lipinski definition) is 4. The fraction of sp³-hybridized carbons (Fsp3) is 0.636. The monoisotopic (exact) mass is 385 g/mol. The first-order chi connectivity index (χ1) is 13.4. The highest BCUT2D eigenvalue weighted by Crippen LogP contribution is 2.31. The Bertz CT molecular complexity index is 797. The van der Waals surface area contributed by atoms with Crippen molar-refractivity contribution < 1.29 is 0 Å². The van der Waals surface area contributed by atoms with E-state index in [4.69, 9.17) is 5.73 Å². The van der Waals surface area contributed by atoms with Gasteiger partial charge >= 0.3 is 5.69 Å². The maximum atomic E-state index is 12.3. The molecule has 3 N–H and O–H groups in total. The molecule has 2 heterocycles. The predicted octanol–water partition coefficient (Wildman–Crippen LogP) is 3.59. The van der Waals surface area contributed by atoms with E-state index in [-0.39, 0.29) is 23.7 Å². The molecule has 1 fully saturated rings. The van der Waals surface area contributed by atoms with Gasteiger partial charge in [-0.25, -0.2) is 9.89 Å². The number of aromatic nitrogens is 3. The summed E-state index contributed by atoms with van der Waals surface area (Å²) in [4.78, 5) is 14.9. The van der Waals surface area contributed by atoms with Gasteiger partial charge in [0.05, 0.1) is 0 Å². The number of rotatable bonds is 8. The number of hydrogen-bond donors (Lipinski definition) is 2. The molecule has 4 atom stereocenters. The number of nitrogens with two attached hydrogens (primary N) is 1. The molecule has 6 heteroatoms. The summed E-state index contributed by atoms with van der Waals surface area (Å²) < 4.78 is 1.85. The summed E-state index contributed by atoms with van der Waals surface area (Å²) >= 11 is 0. The summed E-state index contributed by atoms with van der Waals surface area (Å²) in [7, 11) is 0. The molecule has 2 aromatic rings. The van der Waals surface area contributed by atoms with Gasteiger partial charge in [-0.2, -0.15) is 5.10 Å². The van der Waals surface area contributed by atoms with Crippen molar-refractivity contribution in [3.05, 3.63) is 52.2 Å². The third-order valence-corrected chi connectivity index (χ3v) is 6.18. The van der Waals surface area contributed by atoms with E-state index in [2.05, 4.69) is 54.9 Å². The Hall–Kier alpha value is -1.92. The lowest BCUT2D eigenvalue weighted by molar-refractivity contribution is 0.173. The molecule has 0 bridgehead atoms. The van der Waals surface area contributed by atoms with Gasteiger partial charge in [-0.15, -0.1) is 0 Å². The molecule has 154 valence electrons. The van der Waals surface area contributed by atoms with Gasteiger partial charge in [-0.3, -0.25) is 9.47 Å². The highest BCUT2D eigenvalue weighted by Gasteiger charge is 2.32. The summed E-state index contributed by atoms with van der Waals surface area (Å²) in [6, 6.07) is 11.6. The van der Waals surface area contributed by atoms with Crippen molar-refractivity contribution in [2.75, 3.05) is 6.54 Å². The van der Waals surface area contributed by atoms with Crippen LogP contribution >= 0.6 is 0 Å². The number of nitrogens with zero attached hydrogens (tertiary/aromatic N) is 3. The van der Waals surface area contributed by atoms with Crippen molar-refractivity contribution in [2.45, 2.75) is 83.5 Å². The molecule has 0 radical (unpaired) electrons. The van der Waals surface area contributed by atoms with Crippen LogP contribution in [-0.2, 0) is 0 Å². The second-order valence-corrected chi connectivity index (χ2v) is 8.62. The van der Waals surface area contributed by atoms with Crippen LogP contribution in [0.15, 0.2) is 35.1 Å². The highest BCUT2D eigenvalue weighted by molar-refractivity contribution is 5.18. The molecule has 1 aromatic heterocycles. The van der Waals surface area contributed by atoms with Gasteiger partial charge in [0.15, 0.2) is 0 Å². The molecule has 1 aliphatic heterocycles. The number of H-pyrrole nitrogens is 1. The van der Waals surface area contributed by atoms with Crippen LogP contribution in [0.5, 0.6) is 0 Å². The number of benzene rings is 1. The zero-order valence-corrected chi connectivity index (χ0v) is 17.6. The Morgan fingerprint density at radius 3 is 2.61 bits per heavy atom. The Morgan fingerprint density at radius 2 is 1.93 bits per heavy atom. The molecule has 6 nitrogen and oxygen atoms in total. The van der Waals surface area contributed by atoms with Gasteiger partial charge in [0, 0.05) is 36.6 Å². The van der Waals surface area contributed by atoms with Gasteiger partial charge in [0.1, 0.15) is 5.82 Å². The Kier molecular flexibility index (Phi) is 6.73. The molecule has 28 heavy (non-hydrogen) atoms. The average Bonchev–Trinajstić information content (AvgIpc) is 3.23. The normalized spacial score (nSPS) is 22.6. The lowest BCUT2D eigenvalue weighted by Crippen LogP contribution is -2.38. The van der Waals surface area contributed by atoms with Crippen LogP contribution in [0.1, 0.15) is 82.8 Å². The highest BCUT2D eigenvalue weighted by atomic mass is 16.1. The maximum absolute atomic E-state index is 12.3. The topological polar surface area (TPSA) is 79.9 Å². The van der Waals surface area contributed by atoms with Gasteiger partial charge in [0.25, 0.3) is 0 Å². The van der Waals surface area contributed by atoms with Crippen LogP contribution in [-0.4, -0.2) is 38.3 Å². The Balaban J connectivity index is 1.65. The van der Waals surface area contributed by atoms with Gasteiger partial charge in [-0.1, -0.05) is 44.2 Å². The molecular formula is C22H35N5O. The van der Waals surface area contributed by atoms with Gasteiger partial charge in [-0.05, 0) is 45.1 Å². The van der Waals surface area contributed by atoms with Crippen molar-refractivity contribution in [3.63, 3.8) is 0 Å². The SMILES string of the molecule is CC(C)c1n[nH]c(=O)n1C(C)CC1CCC(C)N1CCC(N)c1ccccc1. The molecule has 1 saturated heterocycles. The van der Waals surface area contributed by atoms with Crippen molar-refractivity contribution in [2.24, 2.45) is 5.73 Å². The summed E-state index contributed by atoms with van der Waals surface area (Å²) in [5, 5.41) is 6.86. The summed E-state index contributed by atoms with van der Waals surface area (Å²) in [5.74, 6) is 1.07. The van der Waals surface area contributed by atoms with E-state index >= 15 is 0 Å². The molecule has 3 rings (SSSR count). The first-order valence-electron chi connectivity index (χ1n) is 10.6. The molecule has 0 aliphatic carbocycles. The van der Waals surface area contributed by atoms with E-state index < -0.39 is 0 Å². The molecule has 0 spiro atoms. The smallest absolute Gasteiger partial charge is 0.324 e. The molecule has 1 aliphatic rings. The fourth-order valence-corrected chi connectivity index (χ4v) is 4.59. The van der Waals surface area contributed by atoms with Crippen molar-refractivity contribution >= 4 is 0 Å². The van der Waals surface area contributed by atoms with E-state index in [1.807, 2.05) is 22.8 Å². The van der Waals surface area contributed by atoms with E-state index in [1.165, 1.54) is 18.4 Å². The first kappa shape index (κ1) is 20.8. The van der Waals surface area contributed by atoms with E-state index in [0.717, 1.165) is 25.2 Å². The summed E-state index contributed by atoms with van der Waals surface area (Å²) in [5.41, 5.74) is 7.53. The zero-order chi connectivity index (χ0) is 20.3. The van der Waals surface area contributed by atoms with Gasteiger partial charge in [0.2, 0.25) is 0 Å². The molecular weight excluding hydrogens is 350 g/mol. The first-order valence-corrected chi connectivity index (χ1v) is 10.6. The van der Waals surface area contributed by atoms with Crippen LogP contribution < -0.4 is 11.4 Å². The quantitative estimate of drug-likeness (QED) is 0.728. The van der Waals surface area contributed by atoms with E-state index in [9.17, 15) is 4.79 Å². The van der Waals surface area contributed by atoms with Gasteiger partial charge < -0.3 is 5.73 Å².